The van der Waals surface area contributed by atoms with Crippen molar-refractivity contribution in [2.45, 2.75) is 134 Å². The number of benzene rings is 2. The number of allylic oxidation sites excluding steroid dienone is 1. The lowest BCUT2D eigenvalue weighted by atomic mass is 9.93. The first kappa shape index (κ1) is 47.2. The van der Waals surface area contributed by atoms with Gasteiger partial charge in [0.25, 0.3) is 12.3 Å². The van der Waals surface area contributed by atoms with Crippen molar-refractivity contribution < 1.29 is 38.4 Å². The number of carbonyl (C=O) groups excluding carboxylic acids is 2. The Morgan fingerprint density at radius 1 is 1.03 bits per heavy atom. The zero-order valence-corrected chi connectivity index (χ0v) is 38.0. The highest BCUT2D eigenvalue weighted by Gasteiger charge is 2.49. The molecule has 5 aliphatic heterocycles. The van der Waals surface area contributed by atoms with Crippen LogP contribution < -0.4 is 15.6 Å². The van der Waals surface area contributed by atoms with E-state index in [0.717, 1.165) is 85.4 Å². The quantitative estimate of drug-likeness (QED) is 0.0634. The Morgan fingerprint density at radius 3 is 2.55 bits per heavy atom. The summed E-state index contributed by atoms with van der Waals surface area (Å²) in [6.07, 6.45) is 9.71. The van der Waals surface area contributed by atoms with Gasteiger partial charge >= 0.3 is 11.7 Å². The fourth-order valence-corrected chi connectivity index (χ4v) is 10.5. The Morgan fingerprint density at radius 2 is 1.80 bits per heavy atom. The molecular weight excluding hydrogens is 851 g/mol. The Labute approximate surface area is 384 Å². The first-order valence-corrected chi connectivity index (χ1v) is 23.6. The van der Waals surface area contributed by atoms with Crippen LogP contribution in [0.5, 0.6) is 0 Å². The van der Waals surface area contributed by atoms with Gasteiger partial charge in [-0.1, -0.05) is 25.3 Å². The lowest BCUT2D eigenvalue weighted by Gasteiger charge is -2.35. The molecule has 4 unspecified atom stereocenters. The highest BCUT2D eigenvalue weighted by Crippen LogP contribution is 2.41. The number of alkyl halides is 2. The molecule has 66 heavy (non-hydrogen) atoms. The number of rotatable bonds is 17. The average Bonchev–Trinajstić information content (AvgIpc) is 3.82. The first-order chi connectivity index (χ1) is 31.9. The van der Waals surface area contributed by atoms with Gasteiger partial charge in [0.15, 0.2) is 12.3 Å². The summed E-state index contributed by atoms with van der Waals surface area (Å²) in [5, 5.41) is 41.3. The number of piperidine rings is 2. The number of unbranched alkanes of at least 4 members (excludes halogenated alkanes) is 4. The standard InChI is InChI=1S/C48H64F2N10O6/c1-30(61)56-23-17-40-39(29-56)45(57-19-8-10-31-24-36(32(27-51)28-52-2)37(44(49)50)26-42(31)57)54-60(40)34-15-21-55(22-16-34)43(62)12-6-4-3-5-7-18-53-33-13-14-35-38(25-33)47(64)59(46(35)63)41-11-9-20-58(66)48(41)65/h13-14,19,24-28,30,34,41,43-44,46,53,61-63H,3-12,15-18,20-23,29,51H2,1-2H3/q+2/b32-27+,52-28?. The smallest absolute Gasteiger partial charge is 0.404 e. The summed E-state index contributed by atoms with van der Waals surface area (Å²) in [6.45, 7) is 5.17. The highest BCUT2D eigenvalue weighted by molar-refractivity contribution is 6.10. The third-order valence-electron chi connectivity index (χ3n) is 14.1. The number of aryl methyl sites for hydroxylation is 1. The molecule has 3 aromatic rings. The predicted molar refractivity (Wildman–Crippen MR) is 248 cm³/mol. The number of nitrogens with zero attached hydrogens (tertiary/aromatic N) is 8. The first-order valence-electron chi connectivity index (χ1n) is 23.6. The van der Waals surface area contributed by atoms with Crippen LogP contribution in [-0.4, -0.2) is 127 Å². The van der Waals surface area contributed by atoms with E-state index in [1.54, 1.807) is 32.2 Å². The van der Waals surface area contributed by atoms with Crippen molar-refractivity contribution in [3.63, 3.8) is 0 Å². The minimum atomic E-state index is -2.73. The number of halogens is 2. The Balaban J connectivity index is 0.824. The van der Waals surface area contributed by atoms with Crippen molar-refractivity contribution in [1.82, 2.24) is 29.1 Å². The third kappa shape index (κ3) is 9.61. The number of aliphatic imine (C=N–C) groups is 1. The molecule has 2 fully saturated rings. The van der Waals surface area contributed by atoms with Crippen LogP contribution in [-0.2, 0) is 24.2 Å². The van der Waals surface area contributed by atoms with Crippen LogP contribution in [0.4, 0.5) is 26.0 Å². The number of hydrogen-bond acceptors (Lipinski definition) is 12. The number of aliphatic hydroxyl groups is 3. The molecule has 4 atom stereocenters. The monoisotopic (exact) mass is 914 g/mol. The van der Waals surface area contributed by atoms with Crippen LogP contribution in [0, 0.1) is 4.91 Å². The van der Waals surface area contributed by atoms with E-state index < -0.39 is 43.0 Å². The second-order valence-corrected chi connectivity index (χ2v) is 18.2. The molecule has 2 saturated heterocycles. The second-order valence-electron chi connectivity index (χ2n) is 18.2. The van der Waals surface area contributed by atoms with Crippen molar-refractivity contribution in [2.75, 3.05) is 45.1 Å². The minimum absolute atomic E-state index is 0.101. The van der Waals surface area contributed by atoms with Crippen molar-refractivity contribution >= 4 is 47.0 Å². The van der Waals surface area contributed by atoms with E-state index >= 15 is 0 Å². The fourth-order valence-electron chi connectivity index (χ4n) is 10.5. The number of aliphatic hydroxyl groups excluding tert-OH is 3. The molecule has 0 bridgehead atoms. The zero-order valence-electron chi connectivity index (χ0n) is 38.0. The van der Waals surface area contributed by atoms with E-state index in [0.29, 0.717) is 96.7 Å². The number of fused-ring (bicyclic) bond motifs is 3. The van der Waals surface area contributed by atoms with E-state index in [-0.39, 0.29) is 18.2 Å². The molecule has 0 spiro atoms. The molecule has 0 radical (unpaired) electrons. The summed E-state index contributed by atoms with van der Waals surface area (Å²) in [4.78, 5) is 47.0. The van der Waals surface area contributed by atoms with Gasteiger partial charge < -0.3 is 26.4 Å². The molecule has 16 nitrogen and oxygen atoms in total. The summed E-state index contributed by atoms with van der Waals surface area (Å²) >= 11 is 0. The van der Waals surface area contributed by atoms with Gasteiger partial charge in [-0.3, -0.25) is 24.5 Å². The molecule has 2 aromatic carbocycles. The van der Waals surface area contributed by atoms with Crippen LogP contribution in [0.15, 0.2) is 41.5 Å². The average molecular weight is 915 g/mol. The number of likely N-dealkylation sites (tertiary alicyclic amines) is 1. The van der Waals surface area contributed by atoms with E-state index in [1.807, 2.05) is 27.8 Å². The Bertz CT molecular complexity index is 2390. The topological polar surface area (TPSA) is 196 Å². The van der Waals surface area contributed by atoms with Gasteiger partial charge in [-0.05, 0) is 81.7 Å². The summed E-state index contributed by atoms with van der Waals surface area (Å²) in [7, 11) is 1.58. The molecule has 8 rings (SSSR count). The molecule has 6 N–H and O–H groups in total. The number of anilines is 1. The van der Waals surface area contributed by atoms with Gasteiger partial charge in [-0.2, -0.15) is 9.26 Å². The van der Waals surface area contributed by atoms with Crippen molar-refractivity contribution in [3.8, 4) is 0 Å². The van der Waals surface area contributed by atoms with Crippen molar-refractivity contribution in [2.24, 2.45) is 10.7 Å². The van der Waals surface area contributed by atoms with Gasteiger partial charge in [-0.25, -0.2) is 13.6 Å². The zero-order chi connectivity index (χ0) is 46.6. The van der Waals surface area contributed by atoms with Crippen molar-refractivity contribution in [1.29, 1.82) is 0 Å². The predicted octanol–water partition coefficient (Wildman–Crippen LogP) is 5.69. The van der Waals surface area contributed by atoms with Gasteiger partial charge in [0.2, 0.25) is 6.54 Å². The highest BCUT2D eigenvalue weighted by atomic mass is 19.3. The maximum Gasteiger partial charge on any atom is 0.455 e. The van der Waals surface area contributed by atoms with Crippen LogP contribution >= 0.6 is 0 Å². The number of hydrogen-bond donors (Lipinski definition) is 5. The van der Waals surface area contributed by atoms with Gasteiger partial charge in [0, 0.05) is 110 Å². The molecule has 2 amide bonds. The normalized spacial score (nSPS) is 21.9. The molecule has 0 saturated carbocycles. The van der Waals surface area contributed by atoms with Crippen LogP contribution in [0.2, 0.25) is 0 Å². The van der Waals surface area contributed by atoms with Crippen LogP contribution in [0.25, 0.3) is 5.57 Å². The van der Waals surface area contributed by atoms with Gasteiger partial charge in [-0.15, -0.1) is 0 Å². The van der Waals surface area contributed by atoms with Crippen molar-refractivity contribution in [3.05, 3.63) is 80.5 Å². The van der Waals surface area contributed by atoms with E-state index in [9.17, 15) is 38.6 Å². The number of amides is 2. The third-order valence-corrected chi connectivity index (χ3v) is 14.1. The summed E-state index contributed by atoms with van der Waals surface area (Å²) < 4.78 is 33.8. The summed E-state index contributed by atoms with van der Waals surface area (Å²) in [6, 6.07) is 7.74. The number of nitroso groups, excluding NO2 is 1. The molecule has 18 heteroatoms. The lowest BCUT2D eigenvalue weighted by molar-refractivity contribution is -0.480. The van der Waals surface area contributed by atoms with Crippen LogP contribution in [0.3, 0.4) is 0 Å². The van der Waals surface area contributed by atoms with E-state index in [1.165, 1.54) is 12.4 Å². The molecular formula is C48H64F2N10O6+2. The van der Waals surface area contributed by atoms with E-state index in [4.69, 9.17) is 10.8 Å². The molecule has 1 aromatic heterocycles. The molecule has 0 aliphatic carbocycles. The Hall–Kier alpha value is -5.27. The van der Waals surface area contributed by atoms with E-state index in [2.05, 4.69) is 19.9 Å². The summed E-state index contributed by atoms with van der Waals surface area (Å²) in [5.41, 5.74) is 11.8. The lowest BCUT2D eigenvalue weighted by Crippen LogP contribution is -2.49. The summed E-state index contributed by atoms with van der Waals surface area (Å²) in [5.74, 6) is -0.428. The molecule has 6 heterocycles. The maximum absolute atomic E-state index is 14.7. The second kappa shape index (κ2) is 20.7. The van der Waals surface area contributed by atoms with Gasteiger partial charge in [0.05, 0.1) is 33.4 Å². The van der Waals surface area contributed by atoms with Gasteiger partial charge in [0.1, 0.15) is 18.1 Å². The SMILES string of the molecule is CN=C/C(=C\N)c1cc2c(cc1C(F)F)[N+](c1nn(C3CCN(C(O)CCCCCCCNc4ccc5c(c4)C(=O)N(C4CCC[N+](=O)C4=O)C5O)CC3)c3c1CN(C(C)O)CC3)=CCC2. The minimum Gasteiger partial charge on any atom is -0.404 e. The number of nitrogens with one attached hydrogen (secondary N) is 1. The molecule has 354 valence electrons. The maximum atomic E-state index is 14.7. The Kier molecular flexibility index (Phi) is 14.8. The number of carbonyl (C=O) groups is 2. The largest absolute Gasteiger partial charge is 0.455 e. The van der Waals surface area contributed by atoms with Crippen LogP contribution in [0.1, 0.15) is 140 Å². The molecule has 5 aliphatic rings. The fraction of sp³-hybridized carbons (Fsp3) is 0.562. The number of aromatic nitrogens is 2. The number of nitrogens with two attached hydrogens (primary N) is 1.